The summed E-state index contributed by atoms with van der Waals surface area (Å²) in [5, 5.41) is 8.13. The zero-order valence-corrected chi connectivity index (χ0v) is 9.99. The summed E-state index contributed by atoms with van der Waals surface area (Å²) in [5.74, 6) is -20.7. The Morgan fingerprint density at radius 2 is 1.33 bits per heavy atom. The first-order chi connectivity index (χ1) is 9.17. The number of halogens is 9. The maximum Gasteiger partial charge on any atom is 0.460 e. The molecule has 0 aromatic heterocycles. The van der Waals surface area contributed by atoms with Gasteiger partial charge in [-0.05, 0) is 0 Å². The molecule has 3 nitrogen and oxygen atoms in total. The van der Waals surface area contributed by atoms with Gasteiger partial charge in [-0.1, -0.05) is 0 Å². The maximum absolute atomic E-state index is 12.9. The summed E-state index contributed by atoms with van der Waals surface area (Å²) >= 11 is 0. The fourth-order valence-electron chi connectivity index (χ4n) is 1.03. The minimum Gasteiger partial charge on any atom is -0.481 e. The van der Waals surface area contributed by atoms with E-state index in [-0.39, 0.29) is 0 Å². The van der Waals surface area contributed by atoms with Crippen molar-refractivity contribution in [2.45, 2.75) is 36.8 Å². The third-order valence-electron chi connectivity index (χ3n) is 2.23. The Morgan fingerprint density at radius 3 is 1.71 bits per heavy atom. The van der Waals surface area contributed by atoms with E-state index in [1.54, 1.807) is 0 Å². The Hall–Kier alpha value is -1.20. The van der Waals surface area contributed by atoms with E-state index < -0.39 is 56.0 Å². The second-order valence-corrected chi connectivity index (χ2v) is 3.86. The summed E-state index contributed by atoms with van der Waals surface area (Å²) < 4.78 is 115. The smallest absolute Gasteiger partial charge is 0.460 e. The molecule has 21 heavy (non-hydrogen) atoms. The first kappa shape index (κ1) is 19.8. The topological polar surface area (TPSA) is 46.5 Å². The van der Waals surface area contributed by atoms with Crippen molar-refractivity contribution in [3.63, 3.8) is 0 Å². The van der Waals surface area contributed by atoms with Crippen molar-refractivity contribution in [3.05, 3.63) is 0 Å². The second-order valence-electron chi connectivity index (χ2n) is 3.86. The lowest BCUT2D eigenvalue weighted by molar-refractivity contribution is -0.397. The second kappa shape index (κ2) is 6.28. The van der Waals surface area contributed by atoms with E-state index in [1.165, 1.54) is 0 Å². The highest BCUT2D eigenvalue weighted by atomic mass is 19.4. The Morgan fingerprint density at radius 1 is 0.857 bits per heavy atom. The molecule has 0 aromatic carbocycles. The number of rotatable bonds is 8. The monoisotopic (exact) mass is 336 g/mol. The lowest BCUT2D eigenvalue weighted by Crippen LogP contribution is -2.61. The Balaban J connectivity index is 4.77. The lowest BCUT2D eigenvalue weighted by atomic mass is 10.0. The molecule has 0 radical (unpaired) electrons. The van der Waals surface area contributed by atoms with Gasteiger partial charge in [-0.25, -0.2) is 0 Å². The molecule has 0 spiro atoms. The van der Waals surface area contributed by atoms with Crippen molar-refractivity contribution < 1.29 is 54.2 Å². The molecule has 0 heterocycles. The Bertz CT molecular complexity index is 364. The molecular weight excluding hydrogens is 327 g/mol. The molecule has 0 atom stereocenters. The number of hydrogen-bond donors (Lipinski definition) is 1. The van der Waals surface area contributed by atoms with Gasteiger partial charge in [0.2, 0.25) is 0 Å². The molecule has 0 amide bonds. The fraction of sp³-hybridized carbons (Fsp3) is 0.889. The average molecular weight is 336 g/mol. The van der Waals surface area contributed by atoms with E-state index in [4.69, 9.17) is 5.11 Å². The van der Waals surface area contributed by atoms with Gasteiger partial charge in [-0.2, -0.15) is 39.5 Å². The van der Waals surface area contributed by atoms with Crippen LogP contribution in [0, 0.1) is 0 Å². The zero-order valence-electron chi connectivity index (χ0n) is 9.99. The van der Waals surface area contributed by atoms with Gasteiger partial charge < -0.3 is 9.84 Å². The number of carboxylic acid groups (broad SMARTS) is 1. The van der Waals surface area contributed by atoms with Gasteiger partial charge in [0.15, 0.2) is 0 Å². The predicted octanol–water partition coefficient (Wildman–Crippen LogP) is 3.34. The minimum absolute atomic E-state index is 0.680. The van der Waals surface area contributed by atoms with Crippen LogP contribution in [-0.2, 0) is 9.53 Å². The zero-order chi connectivity index (χ0) is 17.1. The van der Waals surface area contributed by atoms with E-state index >= 15 is 0 Å². The number of ether oxygens (including phenoxy) is 1. The van der Waals surface area contributed by atoms with Crippen LogP contribution in [0.5, 0.6) is 0 Å². The summed E-state index contributed by atoms with van der Waals surface area (Å²) in [6.45, 7) is -2.00. The van der Waals surface area contributed by atoms with Crippen LogP contribution < -0.4 is 0 Å². The highest BCUT2D eigenvalue weighted by Gasteiger charge is 2.81. The van der Waals surface area contributed by atoms with Gasteiger partial charge in [0.25, 0.3) is 0 Å². The molecule has 0 saturated heterocycles. The number of hydrogen-bond acceptors (Lipinski definition) is 2. The van der Waals surface area contributed by atoms with Crippen molar-refractivity contribution in [1.29, 1.82) is 0 Å². The molecular formula is C9H9F9O3. The van der Waals surface area contributed by atoms with E-state index in [2.05, 4.69) is 4.74 Å². The number of carboxylic acids is 1. The first-order valence-corrected chi connectivity index (χ1v) is 5.16. The molecule has 0 bridgehead atoms. The van der Waals surface area contributed by atoms with Crippen LogP contribution in [0.25, 0.3) is 0 Å². The standard InChI is InChI=1S/C9H9F9O3/c10-6(11,2-4-21-3-1-5(19)20)7(12,13)8(14,15)9(16,17)18/h1-4H2,(H,19,20). The van der Waals surface area contributed by atoms with Gasteiger partial charge in [0.05, 0.1) is 19.6 Å². The van der Waals surface area contributed by atoms with Crippen molar-refractivity contribution >= 4 is 5.97 Å². The number of carbonyl (C=O) groups is 1. The van der Waals surface area contributed by atoms with Crippen LogP contribution in [0.15, 0.2) is 0 Å². The van der Waals surface area contributed by atoms with Gasteiger partial charge in [0.1, 0.15) is 0 Å². The molecule has 0 rings (SSSR count). The largest absolute Gasteiger partial charge is 0.481 e. The van der Waals surface area contributed by atoms with Crippen molar-refractivity contribution in [2.75, 3.05) is 13.2 Å². The van der Waals surface area contributed by atoms with Gasteiger partial charge >= 0.3 is 29.9 Å². The summed E-state index contributed by atoms with van der Waals surface area (Å²) in [6.07, 6.45) is -9.67. The van der Waals surface area contributed by atoms with E-state index in [1.807, 2.05) is 0 Å². The summed E-state index contributed by atoms with van der Waals surface area (Å²) in [5.41, 5.74) is 0. The van der Waals surface area contributed by atoms with Gasteiger partial charge in [-0.15, -0.1) is 0 Å². The molecule has 0 aliphatic heterocycles. The van der Waals surface area contributed by atoms with Crippen LogP contribution in [-0.4, -0.2) is 48.2 Å². The van der Waals surface area contributed by atoms with Crippen LogP contribution in [0.3, 0.4) is 0 Å². The highest BCUT2D eigenvalue weighted by Crippen LogP contribution is 2.53. The van der Waals surface area contributed by atoms with E-state index in [0.717, 1.165) is 0 Å². The number of aliphatic carboxylic acids is 1. The van der Waals surface area contributed by atoms with Crippen molar-refractivity contribution in [2.24, 2.45) is 0 Å². The van der Waals surface area contributed by atoms with Gasteiger partial charge in [-0.3, -0.25) is 4.79 Å². The molecule has 1 N–H and O–H groups in total. The molecule has 12 heteroatoms. The molecule has 126 valence electrons. The molecule has 0 aliphatic rings. The quantitative estimate of drug-likeness (QED) is 0.546. The summed E-state index contributed by atoms with van der Waals surface area (Å²) in [7, 11) is 0. The molecule has 0 unspecified atom stereocenters. The predicted molar refractivity (Wildman–Crippen MR) is 48.6 cm³/mol. The van der Waals surface area contributed by atoms with E-state index in [0.29, 0.717) is 0 Å². The van der Waals surface area contributed by atoms with E-state index in [9.17, 15) is 44.3 Å². The summed E-state index contributed by atoms with van der Waals surface area (Å²) in [6, 6.07) is 0. The third-order valence-corrected chi connectivity index (χ3v) is 2.23. The first-order valence-electron chi connectivity index (χ1n) is 5.16. The van der Waals surface area contributed by atoms with Gasteiger partial charge in [0, 0.05) is 6.42 Å². The summed E-state index contributed by atoms with van der Waals surface area (Å²) in [4.78, 5) is 9.99. The van der Waals surface area contributed by atoms with Crippen LogP contribution in [0.2, 0.25) is 0 Å². The van der Waals surface area contributed by atoms with Crippen molar-refractivity contribution in [1.82, 2.24) is 0 Å². The number of alkyl halides is 9. The maximum atomic E-state index is 12.9. The van der Waals surface area contributed by atoms with Crippen LogP contribution in [0.1, 0.15) is 12.8 Å². The SMILES string of the molecule is O=C(O)CCOCCC(F)(F)C(F)(F)C(F)(F)C(F)(F)F. The Kier molecular flexibility index (Phi) is 5.92. The molecule has 0 saturated carbocycles. The van der Waals surface area contributed by atoms with Crippen LogP contribution in [0.4, 0.5) is 39.5 Å². The third kappa shape index (κ3) is 4.38. The molecule has 0 aromatic rings. The fourth-order valence-corrected chi connectivity index (χ4v) is 1.03. The normalized spacial score (nSPS) is 14.3. The lowest BCUT2D eigenvalue weighted by Gasteiger charge is -2.33. The van der Waals surface area contributed by atoms with Crippen LogP contribution >= 0.6 is 0 Å². The van der Waals surface area contributed by atoms with Crippen molar-refractivity contribution in [3.8, 4) is 0 Å². The average Bonchev–Trinajstić information content (AvgIpc) is 2.25. The molecule has 0 aliphatic carbocycles. The Labute approximate surface area is 111 Å². The highest BCUT2D eigenvalue weighted by molar-refractivity contribution is 5.66. The molecule has 0 fully saturated rings. The minimum atomic E-state index is -6.93.